The molecular weight excluding hydrogens is 799 g/mol. The topological polar surface area (TPSA) is 223 Å². The fourth-order valence-electron chi connectivity index (χ4n) is 6.10. The van der Waals surface area contributed by atoms with Gasteiger partial charge in [-0.25, -0.2) is 16.8 Å². The van der Waals surface area contributed by atoms with Crippen molar-refractivity contribution in [2.45, 2.75) is 175 Å². The van der Waals surface area contributed by atoms with E-state index in [4.69, 9.17) is 0 Å². The summed E-state index contributed by atoms with van der Waals surface area (Å²) < 4.78 is 133. The van der Waals surface area contributed by atoms with E-state index in [2.05, 4.69) is 13.8 Å². The van der Waals surface area contributed by atoms with Gasteiger partial charge in [-0.05, 0) is 48.9 Å². The van der Waals surface area contributed by atoms with Crippen LogP contribution in [0.2, 0.25) is 0 Å². The van der Waals surface area contributed by atoms with E-state index < -0.39 is 60.1 Å². The van der Waals surface area contributed by atoms with Gasteiger partial charge in [-0.2, -0.15) is 16.8 Å². The van der Waals surface area contributed by atoms with E-state index in [0.717, 1.165) is 50.7 Å². The normalized spacial score (nSPS) is 12.0. The first-order valence-electron chi connectivity index (χ1n) is 18.5. The van der Waals surface area contributed by atoms with Crippen molar-refractivity contribution in [2.75, 3.05) is 0 Å². The van der Waals surface area contributed by atoms with Gasteiger partial charge in [-0.15, -0.1) is 0 Å². The van der Waals surface area contributed by atoms with Gasteiger partial charge in [0.05, 0.1) is 9.79 Å². The second kappa shape index (κ2) is 29.3. The van der Waals surface area contributed by atoms with Gasteiger partial charge in [0, 0.05) is 0 Å². The molecule has 2 aromatic carbocycles. The van der Waals surface area contributed by atoms with Crippen molar-refractivity contribution in [1.29, 1.82) is 0 Å². The summed E-state index contributed by atoms with van der Waals surface area (Å²) in [6, 6.07) is 7.39. The number of rotatable bonds is 26. The minimum atomic E-state index is -5.00. The third kappa shape index (κ3) is 23.5. The molecule has 0 aliphatic heterocycles. The van der Waals surface area contributed by atoms with Crippen LogP contribution in [0.4, 0.5) is 0 Å². The summed E-state index contributed by atoms with van der Waals surface area (Å²) in [4.78, 5) is -3.31. The Balaban J connectivity index is 0. The fourth-order valence-corrected chi connectivity index (χ4v) is 10.2. The number of hydrogen-bond donors (Lipinski definition) is 2. The van der Waals surface area contributed by atoms with E-state index in [0.29, 0.717) is 12.8 Å². The molecule has 0 aliphatic rings. The van der Waals surface area contributed by atoms with Gasteiger partial charge in [0.2, 0.25) is 0 Å². The van der Waals surface area contributed by atoms with Crippen LogP contribution >= 0.6 is 0 Å². The Morgan fingerprint density at radius 1 is 0.426 bits per heavy atom. The molecular formula is C36H58Na2O12S4. The number of unbranched alkanes of at least 4 members (excludes halogenated alkanes) is 18. The average molecular weight is 857 g/mol. The smallest absolute Gasteiger partial charge is 0.744 e. The maximum atomic E-state index is 11.5. The van der Waals surface area contributed by atoms with Crippen LogP contribution in [0.25, 0.3) is 0 Å². The monoisotopic (exact) mass is 856 g/mol. The summed E-state index contributed by atoms with van der Waals surface area (Å²) in [5.41, 5.74) is 0.296. The van der Waals surface area contributed by atoms with Crippen molar-refractivity contribution in [3.05, 3.63) is 47.5 Å². The molecule has 300 valence electrons. The SMILES string of the molecule is CCCCCCCCCCCCc1cccc(S(=O)(=O)O)c1S(=O)(=O)[O-].CCCCCCCCCCCCc1cccc(S(=O)(=O)O)c1S(=O)(=O)[O-].[Na+].[Na+]. The molecule has 0 saturated heterocycles. The Morgan fingerprint density at radius 2 is 0.667 bits per heavy atom. The molecule has 0 aliphatic carbocycles. The van der Waals surface area contributed by atoms with Crippen LogP contribution < -0.4 is 59.1 Å². The Kier molecular flexibility index (Phi) is 30.5. The van der Waals surface area contributed by atoms with E-state index in [9.17, 15) is 51.9 Å². The molecule has 2 rings (SSSR count). The zero-order chi connectivity index (χ0) is 39.3. The molecule has 0 bridgehead atoms. The quantitative estimate of drug-likeness (QED) is 0.0792. The van der Waals surface area contributed by atoms with Crippen molar-refractivity contribution >= 4 is 40.5 Å². The van der Waals surface area contributed by atoms with Crippen molar-refractivity contribution < 1.29 is 111 Å². The Labute approximate surface area is 370 Å². The van der Waals surface area contributed by atoms with Crippen LogP contribution in [0.5, 0.6) is 0 Å². The van der Waals surface area contributed by atoms with Crippen LogP contribution in [0.15, 0.2) is 56.0 Å². The molecule has 0 aromatic heterocycles. The summed E-state index contributed by atoms with van der Waals surface area (Å²) in [6.45, 7) is 4.38. The Morgan fingerprint density at radius 3 is 0.889 bits per heavy atom. The van der Waals surface area contributed by atoms with Crippen molar-refractivity contribution in [3.63, 3.8) is 0 Å². The molecule has 0 amide bonds. The van der Waals surface area contributed by atoms with E-state index in [1.807, 2.05) is 0 Å². The van der Waals surface area contributed by atoms with Crippen molar-refractivity contribution in [2.24, 2.45) is 0 Å². The van der Waals surface area contributed by atoms with Gasteiger partial charge in [-0.1, -0.05) is 154 Å². The molecule has 2 aromatic rings. The molecule has 18 heteroatoms. The minimum Gasteiger partial charge on any atom is -0.744 e. The van der Waals surface area contributed by atoms with E-state index in [-0.39, 0.29) is 83.1 Å². The van der Waals surface area contributed by atoms with Crippen LogP contribution in [0.1, 0.15) is 153 Å². The largest absolute Gasteiger partial charge is 1.00 e. The van der Waals surface area contributed by atoms with Crippen LogP contribution in [0, 0.1) is 0 Å². The predicted molar refractivity (Wildman–Crippen MR) is 200 cm³/mol. The summed E-state index contributed by atoms with van der Waals surface area (Å²) in [5, 5.41) is 0. The Hall–Kier alpha value is 0.0800. The molecule has 0 fully saturated rings. The maximum absolute atomic E-state index is 11.5. The first-order valence-corrected chi connectivity index (χ1v) is 24.2. The Bertz CT molecular complexity index is 1650. The van der Waals surface area contributed by atoms with Gasteiger partial charge in [0.1, 0.15) is 30.0 Å². The summed E-state index contributed by atoms with van der Waals surface area (Å²) >= 11 is 0. The molecule has 0 unspecified atom stereocenters. The van der Waals surface area contributed by atoms with Gasteiger partial charge in [-0.3, -0.25) is 9.11 Å². The average Bonchev–Trinajstić information content (AvgIpc) is 3.04. The van der Waals surface area contributed by atoms with Crippen LogP contribution in [-0.4, -0.2) is 51.9 Å². The van der Waals surface area contributed by atoms with E-state index in [1.54, 1.807) is 0 Å². The first-order chi connectivity index (χ1) is 24.4. The molecule has 0 radical (unpaired) electrons. The van der Waals surface area contributed by atoms with Gasteiger partial charge >= 0.3 is 59.1 Å². The fraction of sp³-hybridized carbons (Fsp3) is 0.667. The second-order valence-electron chi connectivity index (χ2n) is 13.2. The van der Waals surface area contributed by atoms with E-state index in [1.165, 1.54) is 101 Å². The summed E-state index contributed by atoms with van der Waals surface area (Å²) in [7, 11) is -19.5. The van der Waals surface area contributed by atoms with Crippen LogP contribution in [-0.2, 0) is 53.3 Å². The van der Waals surface area contributed by atoms with E-state index >= 15 is 0 Å². The van der Waals surface area contributed by atoms with Gasteiger partial charge in [0.15, 0.2) is 0 Å². The molecule has 0 heterocycles. The number of hydrogen-bond acceptors (Lipinski definition) is 10. The second-order valence-corrected chi connectivity index (χ2v) is 18.6. The molecule has 12 nitrogen and oxygen atoms in total. The van der Waals surface area contributed by atoms with Crippen LogP contribution in [0.3, 0.4) is 0 Å². The maximum Gasteiger partial charge on any atom is 1.00 e. The zero-order valence-electron chi connectivity index (χ0n) is 32.6. The first kappa shape index (κ1) is 56.2. The third-order valence-corrected chi connectivity index (χ3v) is 12.8. The van der Waals surface area contributed by atoms with Crippen molar-refractivity contribution in [3.8, 4) is 0 Å². The molecule has 0 spiro atoms. The summed E-state index contributed by atoms with van der Waals surface area (Å²) in [5.74, 6) is 0. The predicted octanol–water partition coefficient (Wildman–Crippen LogP) is 2.61. The number of benzene rings is 2. The van der Waals surface area contributed by atoms with Crippen molar-refractivity contribution in [1.82, 2.24) is 0 Å². The molecule has 54 heavy (non-hydrogen) atoms. The minimum absolute atomic E-state index is 0. The summed E-state index contributed by atoms with van der Waals surface area (Å²) in [6.07, 6.45) is 22.9. The number of aryl methyl sites for hydroxylation is 2. The molecule has 0 atom stereocenters. The third-order valence-electron chi connectivity index (χ3n) is 8.78. The van der Waals surface area contributed by atoms with Gasteiger partial charge < -0.3 is 9.11 Å². The standard InChI is InChI=1S/2C18H30O6S2.2Na/c2*1-2-3-4-5-6-7-8-9-10-11-13-16-14-12-15-17(25(19,20)21)18(16)26(22,23)24;;/h2*12,14-15H,2-11,13H2,1H3,(H,19,20,21)(H,22,23,24);;/q;;2*+1/p-2. The molecule has 2 N–H and O–H groups in total. The zero-order valence-corrected chi connectivity index (χ0v) is 39.9. The van der Waals surface area contributed by atoms with Gasteiger partial charge in [0.25, 0.3) is 20.2 Å². The molecule has 0 saturated carbocycles.